The lowest BCUT2D eigenvalue weighted by molar-refractivity contribution is -0.122. The smallest absolute Gasteiger partial charge is 0.234 e. The Morgan fingerprint density at radius 1 is 1.18 bits per heavy atom. The van der Waals surface area contributed by atoms with E-state index in [-0.39, 0.29) is 58.9 Å². The molecule has 0 unspecified atom stereocenters. The van der Waals surface area contributed by atoms with Crippen LogP contribution >= 0.6 is 27.0 Å². The van der Waals surface area contributed by atoms with Crippen molar-refractivity contribution in [1.29, 1.82) is 0 Å². The summed E-state index contributed by atoms with van der Waals surface area (Å²) in [5.41, 5.74) is 6.24. The van der Waals surface area contributed by atoms with Gasteiger partial charge in [0.1, 0.15) is 30.2 Å². The van der Waals surface area contributed by atoms with Crippen molar-refractivity contribution in [3.63, 3.8) is 0 Å². The summed E-state index contributed by atoms with van der Waals surface area (Å²) in [5.74, 6) is -1.20. The zero-order chi connectivity index (χ0) is 18.7. The Bertz CT molecular complexity index is 810. The molecule has 2 aromatic rings. The number of hydrogen-bond acceptors (Lipinski definition) is 3. The van der Waals surface area contributed by atoms with Gasteiger partial charge >= 0.3 is 0 Å². The van der Waals surface area contributed by atoms with Crippen LogP contribution in [0.3, 0.4) is 0 Å². The fourth-order valence-electron chi connectivity index (χ4n) is 3.08. The fourth-order valence-corrected chi connectivity index (χ4v) is 3.08. The number of ether oxygens (including phenoxy) is 1. The molecule has 2 aromatic carbocycles. The Labute approximate surface area is 175 Å². The number of hydrogen-bond donors (Lipinski definition) is 1. The monoisotopic (exact) mass is 432 g/mol. The molecular weight excluding hydrogens is 409 g/mol. The minimum Gasteiger partial charge on any atom is -0.489 e. The lowest BCUT2D eigenvalue weighted by atomic mass is 10.1. The molecule has 0 radical (unpaired) electrons. The van der Waals surface area contributed by atoms with E-state index in [4.69, 9.17) is 10.5 Å². The third-order valence-corrected chi connectivity index (χ3v) is 4.37. The van der Waals surface area contributed by atoms with Gasteiger partial charge in [0.15, 0.2) is 0 Å². The molecule has 0 aliphatic carbocycles. The largest absolute Gasteiger partial charge is 0.489 e. The molecule has 4 nitrogen and oxygen atoms in total. The van der Waals surface area contributed by atoms with Gasteiger partial charge in [-0.1, -0.05) is 18.2 Å². The zero-order valence-electron chi connectivity index (χ0n) is 15.0. The first-order valence-electron chi connectivity index (χ1n) is 8.25. The predicted octanol–water partition coefficient (Wildman–Crippen LogP) is 3.17. The summed E-state index contributed by atoms with van der Waals surface area (Å²) in [5, 5.41) is 0. The van der Waals surface area contributed by atoms with Gasteiger partial charge in [0.05, 0.1) is 6.04 Å². The second kappa shape index (κ2) is 10.6. The number of carbonyl (C=O) groups excluding carboxylic acids is 1. The van der Waals surface area contributed by atoms with Crippen LogP contribution in [-0.2, 0) is 17.9 Å². The topological polar surface area (TPSA) is 55.6 Å². The van der Waals surface area contributed by atoms with E-state index in [9.17, 15) is 18.0 Å². The summed E-state index contributed by atoms with van der Waals surface area (Å²) < 4.78 is 46.5. The van der Waals surface area contributed by atoms with Crippen molar-refractivity contribution in [1.82, 2.24) is 4.90 Å². The second-order valence-corrected chi connectivity index (χ2v) is 6.35. The van der Waals surface area contributed by atoms with Crippen LogP contribution in [0, 0.1) is 11.6 Å². The van der Waals surface area contributed by atoms with Gasteiger partial charge in [-0.2, -0.15) is 27.0 Å². The van der Waals surface area contributed by atoms with Crippen molar-refractivity contribution in [3.8, 4) is 5.75 Å². The number of nitrogens with two attached hydrogens (primary N) is 1. The van der Waals surface area contributed by atoms with Gasteiger partial charge in [-0.25, -0.2) is 13.2 Å². The van der Waals surface area contributed by atoms with Crippen LogP contribution in [-0.4, -0.2) is 29.6 Å². The Morgan fingerprint density at radius 2 is 1.93 bits per heavy atom. The van der Waals surface area contributed by atoms with E-state index in [2.05, 4.69) is 0 Å². The molecule has 1 heterocycles. The van der Waals surface area contributed by atoms with Crippen molar-refractivity contribution in [2.75, 3.05) is 6.54 Å². The fraction of sp³-hybridized carbons (Fsp3) is 0.316. The van der Waals surface area contributed by atoms with Crippen LogP contribution in [0.15, 0.2) is 42.5 Å². The van der Waals surface area contributed by atoms with E-state index < -0.39 is 23.9 Å². The maximum atomic E-state index is 14.3. The van der Waals surface area contributed by atoms with Gasteiger partial charge in [-0.15, -0.1) is 0 Å². The number of rotatable bonds is 6. The average molecular weight is 433 g/mol. The standard InChI is InChI=1S/C19H19F3N2O2.2H2S/c20-14-3-1-2-12(6-14)11-26-16-5-4-13(17(22)8-16)9-24-10-15(21)7-18(24)19(23)25;;/h1-6,8,15,18H,7,9-11H2,(H2,23,25);2*1H2/t15-,18-;;/m0../s1. The SMILES string of the molecule is NC(=O)[C@@H]1C[C@H](F)CN1Cc1ccc(OCc2cccc(F)c2)cc1F.S.S. The quantitative estimate of drug-likeness (QED) is 0.763. The molecule has 1 saturated heterocycles. The number of nitrogens with zero attached hydrogens (tertiary/aromatic N) is 1. The third kappa shape index (κ3) is 6.08. The molecule has 3 rings (SSSR count). The lowest BCUT2D eigenvalue weighted by Crippen LogP contribution is -2.39. The van der Waals surface area contributed by atoms with E-state index >= 15 is 0 Å². The van der Waals surface area contributed by atoms with Crippen LogP contribution in [0.5, 0.6) is 5.75 Å². The summed E-state index contributed by atoms with van der Waals surface area (Å²) in [7, 11) is 0. The van der Waals surface area contributed by atoms with E-state index in [0.717, 1.165) is 0 Å². The Kier molecular flexibility index (Phi) is 9.19. The van der Waals surface area contributed by atoms with Crippen molar-refractivity contribution >= 4 is 32.9 Å². The van der Waals surface area contributed by atoms with Crippen molar-refractivity contribution in [2.24, 2.45) is 5.73 Å². The van der Waals surface area contributed by atoms with Crippen LogP contribution in [0.1, 0.15) is 17.5 Å². The molecule has 0 aromatic heterocycles. The van der Waals surface area contributed by atoms with Crippen LogP contribution < -0.4 is 10.5 Å². The minimum atomic E-state index is -1.15. The van der Waals surface area contributed by atoms with Crippen molar-refractivity contribution < 1.29 is 22.7 Å². The molecule has 0 saturated carbocycles. The first kappa shape index (κ1) is 24.2. The van der Waals surface area contributed by atoms with Crippen LogP contribution in [0.4, 0.5) is 13.2 Å². The Balaban J connectivity index is 0.00000196. The third-order valence-electron chi connectivity index (χ3n) is 4.37. The maximum Gasteiger partial charge on any atom is 0.234 e. The highest BCUT2D eigenvalue weighted by atomic mass is 32.1. The highest BCUT2D eigenvalue weighted by Crippen LogP contribution is 2.25. The lowest BCUT2D eigenvalue weighted by Gasteiger charge is -2.21. The molecule has 1 aliphatic heterocycles. The normalized spacial score (nSPS) is 18.8. The Morgan fingerprint density at radius 3 is 2.57 bits per heavy atom. The molecule has 2 N–H and O–H groups in total. The first-order valence-corrected chi connectivity index (χ1v) is 8.25. The minimum absolute atomic E-state index is 0. The van der Waals surface area contributed by atoms with Crippen molar-refractivity contribution in [3.05, 3.63) is 65.2 Å². The van der Waals surface area contributed by atoms with E-state index in [1.54, 1.807) is 23.1 Å². The molecule has 1 aliphatic rings. The first-order chi connectivity index (χ1) is 12.4. The molecule has 154 valence electrons. The average Bonchev–Trinajstić information content (AvgIpc) is 2.96. The molecule has 28 heavy (non-hydrogen) atoms. The number of likely N-dealkylation sites (tertiary alicyclic amines) is 1. The van der Waals surface area contributed by atoms with Crippen molar-refractivity contribution in [2.45, 2.75) is 31.8 Å². The van der Waals surface area contributed by atoms with E-state index in [1.807, 2.05) is 0 Å². The molecule has 1 amide bonds. The van der Waals surface area contributed by atoms with Gasteiger partial charge < -0.3 is 10.5 Å². The predicted molar refractivity (Wildman–Crippen MR) is 111 cm³/mol. The van der Waals surface area contributed by atoms with Crippen LogP contribution in [0.2, 0.25) is 0 Å². The van der Waals surface area contributed by atoms with Gasteiger partial charge in [-0.3, -0.25) is 9.69 Å². The van der Waals surface area contributed by atoms with Gasteiger partial charge in [0.25, 0.3) is 0 Å². The number of carbonyl (C=O) groups is 1. The number of halogens is 3. The number of alkyl halides is 1. The summed E-state index contributed by atoms with van der Waals surface area (Å²) in [6.07, 6.45) is -1.12. The highest BCUT2D eigenvalue weighted by molar-refractivity contribution is 7.59. The molecule has 0 spiro atoms. The van der Waals surface area contributed by atoms with E-state index in [0.29, 0.717) is 16.9 Å². The summed E-state index contributed by atoms with van der Waals surface area (Å²) in [6.45, 7) is 0.241. The maximum absolute atomic E-state index is 14.3. The van der Waals surface area contributed by atoms with Gasteiger partial charge in [0, 0.05) is 31.1 Å². The molecule has 9 heteroatoms. The van der Waals surface area contributed by atoms with Gasteiger partial charge in [0.2, 0.25) is 5.91 Å². The number of amides is 1. The second-order valence-electron chi connectivity index (χ2n) is 6.35. The summed E-state index contributed by atoms with van der Waals surface area (Å²) in [6, 6.07) is 9.55. The van der Waals surface area contributed by atoms with Gasteiger partial charge in [-0.05, 0) is 23.8 Å². The molecular formula is C19H23F3N2O2S2. The van der Waals surface area contributed by atoms with Crippen LogP contribution in [0.25, 0.3) is 0 Å². The number of primary amides is 1. The Hall–Kier alpha value is -1.84. The van der Waals surface area contributed by atoms with E-state index in [1.165, 1.54) is 24.3 Å². The number of benzene rings is 2. The zero-order valence-corrected chi connectivity index (χ0v) is 17.0. The molecule has 1 fully saturated rings. The summed E-state index contributed by atoms with van der Waals surface area (Å²) in [4.78, 5) is 12.9. The highest BCUT2D eigenvalue weighted by Gasteiger charge is 2.35. The summed E-state index contributed by atoms with van der Waals surface area (Å²) >= 11 is 0. The molecule has 0 bridgehead atoms. The molecule has 2 atom stereocenters.